The first kappa shape index (κ1) is 17.1. The van der Waals surface area contributed by atoms with Gasteiger partial charge in [-0.05, 0) is 42.4 Å². The molecule has 0 spiro atoms. The van der Waals surface area contributed by atoms with Gasteiger partial charge in [-0.1, -0.05) is 26.0 Å². The Morgan fingerprint density at radius 1 is 1.12 bits per heavy atom. The number of carbonyl (C=O) groups is 1. The average molecular weight is 354 g/mol. The van der Waals surface area contributed by atoms with Gasteiger partial charge in [-0.25, -0.2) is 0 Å². The molecular weight excluding hydrogens is 328 g/mol. The van der Waals surface area contributed by atoms with E-state index < -0.39 is 5.41 Å². The van der Waals surface area contributed by atoms with Crippen LogP contribution in [-0.4, -0.2) is 45.8 Å². The highest BCUT2D eigenvalue weighted by molar-refractivity contribution is 5.93. The number of amides is 1. The van der Waals surface area contributed by atoms with Crippen LogP contribution in [-0.2, 0) is 10.2 Å². The van der Waals surface area contributed by atoms with Crippen molar-refractivity contribution in [2.24, 2.45) is 5.41 Å². The summed E-state index contributed by atoms with van der Waals surface area (Å²) in [6.45, 7) is 5.96. The zero-order valence-electron chi connectivity index (χ0n) is 15.7. The Morgan fingerprint density at radius 2 is 1.69 bits per heavy atom. The Balaban J connectivity index is 1.52. The quantitative estimate of drug-likeness (QED) is 0.847. The molecule has 0 N–H and O–H groups in total. The van der Waals surface area contributed by atoms with Gasteiger partial charge in [0.1, 0.15) is 18.4 Å². The number of ether oxygens (including phenoxy) is 1. The third kappa shape index (κ3) is 2.59. The lowest BCUT2D eigenvalue weighted by molar-refractivity contribution is -0.136. The maximum atomic E-state index is 13.5. The summed E-state index contributed by atoms with van der Waals surface area (Å²) < 4.78 is 7.33. The number of likely N-dealkylation sites (tertiary alicyclic amines) is 1. The normalized spacial score (nSPS) is 25.1. The molecule has 4 rings (SSSR count). The number of hydrogen-bond donors (Lipinski definition) is 0. The van der Waals surface area contributed by atoms with Crippen molar-refractivity contribution in [3.63, 3.8) is 0 Å². The summed E-state index contributed by atoms with van der Waals surface area (Å²) in [6.07, 6.45) is 6.33. The monoisotopic (exact) mass is 354 g/mol. The largest absolute Gasteiger partial charge is 0.497 e. The van der Waals surface area contributed by atoms with Crippen molar-refractivity contribution in [3.05, 3.63) is 42.5 Å². The van der Waals surface area contributed by atoms with Crippen molar-refractivity contribution in [1.29, 1.82) is 0 Å². The Kier molecular flexibility index (Phi) is 4.01. The lowest BCUT2D eigenvalue weighted by Gasteiger charge is -2.36. The summed E-state index contributed by atoms with van der Waals surface area (Å²) in [7, 11) is 1.66. The molecule has 138 valence electrons. The summed E-state index contributed by atoms with van der Waals surface area (Å²) in [5, 5.41) is 7.79. The lowest BCUT2D eigenvalue weighted by atomic mass is 9.85. The van der Waals surface area contributed by atoms with Gasteiger partial charge in [0.05, 0.1) is 12.5 Å². The topological polar surface area (TPSA) is 60.2 Å². The van der Waals surface area contributed by atoms with E-state index in [1.54, 1.807) is 19.8 Å². The first-order valence-corrected chi connectivity index (χ1v) is 9.26. The molecule has 6 heteroatoms. The Morgan fingerprint density at radius 3 is 2.19 bits per heavy atom. The number of piperidine rings is 1. The van der Waals surface area contributed by atoms with Crippen LogP contribution in [0, 0.1) is 5.41 Å². The van der Waals surface area contributed by atoms with Gasteiger partial charge in [-0.2, -0.15) is 0 Å². The zero-order valence-corrected chi connectivity index (χ0v) is 15.7. The van der Waals surface area contributed by atoms with E-state index in [0.29, 0.717) is 6.04 Å². The zero-order chi connectivity index (χ0) is 18.4. The second-order valence-corrected chi connectivity index (χ2v) is 8.13. The van der Waals surface area contributed by atoms with E-state index in [4.69, 9.17) is 4.74 Å². The summed E-state index contributed by atoms with van der Waals surface area (Å²) in [5.74, 6) is 1.10. The van der Waals surface area contributed by atoms with E-state index in [0.717, 1.165) is 43.7 Å². The van der Waals surface area contributed by atoms with Crippen molar-refractivity contribution < 1.29 is 9.53 Å². The van der Waals surface area contributed by atoms with E-state index in [1.165, 1.54) is 0 Å². The number of rotatable bonds is 4. The van der Waals surface area contributed by atoms with Crippen molar-refractivity contribution in [2.75, 3.05) is 20.2 Å². The van der Waals surface area contributed by atoms with E-state index in [-0.39, 0.29) is 11.3 Å². The minimum Gasteiger partial charge on any atom is -0.497 e. The van der Waals surface area contributed by atoms with Gasteiger partial charge >= 0.3 is 0 Å². The number of hydrogen-bond acceptors (Lipinski definition) is 4. The average Bonchev–Trinajstić information content (AvgIpc) is 3.03. The van der Waals surface area contributed by atoms with Crippen LogP contribution in [0.4, 0.5) is 0 Å². The molecular formula is C20H26N4O2. The third-order valence-electron chi connectivity index (χ3n) is 6.30. The standard InChI is InChI=1S/C20H26N4O2/c1-19(2)12-20(19,15-4-6-17(26-3)7-5-15)18(25)23-10-8-16(9-11-23)24-13-21-22-14-24/h4-7,13-14,16H,8-12H2,1-3H3/t20-/m0/s1. The fourth-order valence-electron chi connectivity index (χ4n) is 4.51. The van der Waals surface area contributed by atoms with E-state index in [2.05, 4.69) is 45.6 Å². The molecule has 1 saturated carbocycles. The molecule has 26 heavy (non-hydrogen) atoms. The predicted octanol–water partition coefficient (Wildman–Crippen LogP) is 2.82. The SMILES string of the molecule is COc1ccc([C@]2(C(=O)N3CCC(n4cnnc4)CC3)CC2(C)C)cc1. The van der Waals surface area contributed by atoms with Gasteiger partial charge in [0.15, 0.2) is 0 Å². The molecule has 2 aliphatic rings. The lowest BCUT2D eigenvalue weighted by Crippen LogP contribution is -2.45. The van der Waals surface area contributed by atoms with Crippen LogP contribution in [0.5, 0.6) is 5.75 Å². The van der Waals surface area contributed by atoms with Crippen LogP contribution in [0.25, 0.3) is 0 Å². The van der Waals surface area contributed by atoms with Gasteiger partial charge in [0.25, 0.3) is 0 Å². The van der Waals surface area contributed by atoms with E-state index in [9.17, 15) is 4.79 Å². The fraction of sp³-hybridized carbons (Fsp3) is 0.550. The highest BCUT2D eigenvalue weighted by Crippen LogP contribution is 2.65. The molecule has 2 heterocycles. The van der Waals surface area contributed by atoms with Crippen molar-refractivity contribution in [1.82, 2.24) is 19.7 Å². The molecule has 0 radical (unpaired) electrons. The summed E-state index contributed by atoms with van der Waals surface area (Å²) in [6, 6.07) is 8.40. The van der Waals surface area contributed by atoms with Crippen molar-refractivity contribution in [3.8, 4) is 5.75 Å². The minimum atomic E-state index is -0.400. The molecule has 0 unspecified atom stereocenters. The van der Waals surface area contributed by atoms with Crippen molar-refractivity contribution >= 4 is 5.91 Å². The van der Waals surface area contributed by atoms with Gasteiger partial charge in [-0.15, -0.1) is 10.2 Å². The highest BCUT2D eigenvalue weighted by atomic mass is 16.5. The van der Waals surface area contributed by atoms with Crippen LogP contribution in [0.15, 0.2) is 36.9 Å². The summed E-state index contributed by atoms with van der Waals surface area (Å²) >= 11 is 0. The molecule has 1 saturated heterocycles. The van der Waals surface area contributed by atoms with Crippen LogP contribution in [0.1, 0.15) is 44.7 Å². The number of benzene rings is 1. The molecule has 2 aromatic rings. The molecule has 6 nitrogen and oxygen atoms in total. The second-order valence-electron chi connectivity index (χ2n) is 8.13. The van der Waals surface area contributed by atoms with Crippen molar-refractivity contribution in [2.45, 2.75) is 44.6 Å². The Bertz CT molecular complexity index is 777. The van der Waals surface area contributed by atoms with Gasteiger partial charge < -0.3 is 14.2 Å². The molecule has 0 bridgehead atoms. The number of methoxy groups -OCH3 is 1. The maximum absolute atomic E-state index is 13.5. The second kappa shape index (κ2) is 6.11. The predicted molar refractivity (Wildman–Crippen MR) is 97.9 cm³/mol. The van der Waals surface area contributed by atoms with Crippen LogP contribution < -0.4 is 4.74 Å². The van der Waals surface area contributed by atoms with Gasteiger partial charge in [0.2, 0.25) is 5.91 Å². The molecule has 1 aromatic carbocycles. The smallest absolute Gasteiger partial charge is 0.233 e. The molecule has 1 aliphatic carbocycles. The highest BCUT2D eigenvalue weighted by Gasteiger charge is 2.68. The third-order valence-corrected chi connectivity index (χ3v) is 6.30. The van der Waals surface area contributed by atoms with Gasteiger partial charge in [-0.3, -0.25) is 4.79 Å². The van der Waals surface area contributed by atoms with Crippen LogP contribution in [0.3, 0.4) is 0 Å². The molecule has 1 amide bonds. The molecule has 1 aliphatic heterocycles. The summed E-state index contributed by atoms with van der Waals surface area (Å²) in [4.78, 5) is 15.6. The fourth-order valence-corrected chi connectivity index (χ4v) is 4.51. The van der Waals surface area contributed by atoms with Crippen LogP contribution in [0.2, 0.25) is 0 Å². The molecule has 1 aromatic heterocycles. The Hall–Kier alpha value is -2.37. The number of carbonyl (C=O) groups excluding carboxylic acids is 1. The minimum absolute atomic E-state index is 0.0101. The Labute approximate surface area is 154 Å². The molecule has 2 fully saturated rings. The molecule has 1 atom stereocenters. The number of aromatic nitrogens is 3. The first-order chi connectivity index (χ1) is 12.5. The summed E-state index contributed by atoms with van der Waals surface area (Å²) in [5.41, 5.74) is 0.696. The van der Waals surface area contributed by atoms with E-state index >= 15 is 0 Å². The maximum Gasteiger partial charge on any atom is 0.233 e. The number of nitrogens with zero attached hydrogens (tertiary/aromatic N) is 4. The first-order valence-electron chi connectivity index (χ1n) is 9.26. The van der Waals surface area contributed by atoms with E-state index in [1.807, 2.05) is 12.1 Å². The van der Waals surface area contributed by atoms with Crippen LogP contribution >= 0.6 is 0 Å². The van der Waals surface area contributed by atoms with Gasteiger partial charge in [0, 0.05) is 19.1 Å².